The van der Waals surface area contributed by atoms with Crippen molar-refractivity contribution in [3.63, 3.8) is 0 Å². The zero-order chi connectivity index (χ0) is 18.4. The summed E-state index contributed by atoms with van der Waals surface area (Å²) < 4.78 is 28.9. The monoisotopic (exact) mass is 557 g/mol. The minimum absolute atomic E-state index is 0. The first-order chi connectivity index (χ1) is 12.5. The van der Waals surface area contributed by atoms with Gasteiger partial charge in [-0.05, 0) is 23.2 Å². The van der Waals surface area contributed by atoms with Gasteiger partial charge in [-0.1, -0.05) is 30.3 Å². The van der Waals surface area contributed by atoms with Gasteiger partial charge in [0.05, 0.1) is 5.52 Å². The number of fused-ring (bicyclic) bond motifs is 1. The zero-order valence-corrected chi connectivity index (χ0v) is 17.1. The molecular weight excluding hydrogens is 543 g/mol. The van der Waals surface area contributed by atoms with E-state index in [0.717, 1.165) is 16.8 Å². The van der Waals surface area contributed by atoms with Crippen LogP contribution in [0.2, 0.25) is 0 Å². The normalized spacial score (nSPS) is 10.4. The fraction of sp³-hybridized carbons (Fsp3) is 0. The van der Waals surface area contributed by atoms with Gasteiger partial charge < -0.3 is 0 Å². The summed E-state index contributed by atoms with van der Waals surface area (Å²) in [5, 5.41) is 0.595. The van der Waals surface area contributed by atoms with Gasteiger partial charge >= 0.3 is 10.1 Å². The first-order valence-corrected chi connectivity index (χ1v) is 9.05. The van der Waals surface area contributed by atoms with Crippen molar-refractivity contribution in [1.29, 1.82) is 0 Å². The molecule has 0 unspecified atom stereocenters. The average Bonchev–Trinajstić information content (AvgIpc) is 2.69. The van der Waals surface area contributed by atoms with Crippen LogP contribution in [0, 0.1) is 6.07 Å². The third-order valence-corrected chi connectivity index (χ3v) is 4.03. The van der Waals surface area contributed by atoms with Crippen LogP contribution in [0.4, 0.5) is 0 Å². The van der Waals surface area contributed by atoms with E-state index in [9.17, 15) is 8.42 Å². The molecule has 0 aliphatic heterocycles. The molecule has 0 spiro atoms. The molecule has 4 aromatic rings. The van der Waals surface area contributed by atoms with Crippen LogP contribution in [0.1, 0.15) is 0 Å². The van der Waals surface area contributed by atoms with E-state index in [1.165, 1.54) is 23.8 Å². The topological polar surface area (TPSA) is 93.0 Å². The Morgan fingerprint density at radius 2 is 1.56 bits per heavy atom. The number of hydrogen-bond acceptors (Lipinski definition) is 5. The number of benzene rings is 2. The van der Waals surface area contributed by atoms with Crippen LogP contribution in [-0.2, 0) is 30.2 Å². The second-order valence-corrected chi connectivity index (χ2v) is 6.49. The Hall–Kier alpha value is -2.51. The molecule has 6 nitrogen and oxygen atoms in total. The van der Waals surface area contributed by atoms with Crippen molar-refractivity contribution < 1.29 is 33.1 Å². The molecule has 0 atom stereocenters. The number of rotatable bonds is 2. The van der Waals surface area contributed by atoms with Gasteiger partial charge in [0.2, 0.25) is 0 Å². The molecule has 0 saturated heterocycles. The molecule has 2 heterocycles. The van der Waals surface area contributed by atoms with Crippen molar-refractivity contribution in [2.75, 3.05) is 0 Å². The van der Waals surface area contributed by atoms with Crippen molar-refractivity contribution in [3.8, 4) is 11.3 Å². The van der Waals surface area contributed by atoms with Crippen molar-refractivity contribution in [3.05, 3.63) is 85.2 Å². The molecule has 0 fully saturated rings. The van der Waals surface area contributed by atoms with Crippen molar-refractivity contribution in [2.24, 2.45) is 0 Å². The molecule has 1 N–H and O–H groups in total. The molecule has 2 aromatic heterocycles. The summed E-state index contributed by atoms with van der Waals surface area (Å²) in [5.41, 5.74) is 3.03. The smallest absolute Gasteiger partial charge is 0.296 e. The van der Waals surface area contributed by atoms with Crippen LogP contribution < -0.4 is 0 Å². The Balaban J connectivity index is 0.000000208. The summed E-state index contributed by atoms with van der Waals surface area (Å²) in [6, 6.07) is 24.8. The second-order valence-electron chi connectivity index (χ2n) is 5.17. The van der Waals surface area contributed by atoms with Gasteiger partial charge in [-0.2, -0.15) is 8.42 Å². The molecule has 1 radical (unpaired) electrons. The second kappa shape index (κ2) is 9.43. The molecule has 8 heteroatoms. The van der Waals surface area contributed by atoms with E-state index in [1.807, 2.05) is 48.5 Å². The Kier molecular flexibility index (Phi) is 7.27. The number of hydrogen-bond donors (Lipinski definition) is 1. The minimum atomic E-state index is -4.23. The summed E-state index contributed by atoms with van der Waals surface area (Å²) in [4.78, 5) is 11.2. The zero-order valence-electron chi connectivity index (χ0n) is 13.9. The SMILES string of the molecule is O=S(=O)(O)c1ncccn1.[Ir].[c-]1ccccc1-c1ccc2ccccc2n1. The van der Waals surface area contributed by atoms with E-state index in [0.29, 0.717) is 0 Å². The summed E-state index contributed by atoms with van der Waals surface area (Å²) >= 11 is 0. The molecule has 0 saturated carbocycles. The molecule has 2 aromatic carbocycles. The fourth-order valence-corrected chi connectivity index (χ4v) is 2.58. The maximum atomic E-state index is 10.3. The van der Waals surface area contributed by atoms with Crippen molar-refractivity contribution in [2.45, 2.75) is 5.16 Å². The van der Waals surface area contributed by atoms with Crippen molar-refractivity contribution in [1.82, 2.24) is 15.0 Å². The van der Waals surface area contributed by atoms with Gasteiger partial charge in [-0.25, -0.2) is 9.97 Å². The van der Waals surface area contributed by atoms with E-state index in [-0.39, 0.29) is 20.1 Å². The number of pyridine rings is 1. The molecule has 0 aliphatic rings. The molecular formula is C19H14IrN3O3S-. The number of nitrogens with zero attached hydrogens (tertiary/aromatic N) is 3. The maximum Gasteiger partial charge on any atom is 0.330 e. The summed E-state index contributed by atoms with van der Waals surface area (Å²) in [5.74, 6) is 0. The summed E-state index contributed by atoms with van der Waals surface area (Å²) in [6.45, 7) is 0. The van der Waals surface area contributed by atoms with Gasteiger partial charge in [-0.3, -0.25) is 9.54 Å². The van der Waals surface area contributed by atoms with Gasteiger partial charge in [0.25, 0.3) is 5.16 Å². The Labute approximate surface area is 170 Å². The summed E-state index contributed by atoms with van der Waals surface area (Å²) in [6.07, 6.45) is 2.46. The van der Waals surface area contributed by atoms with Gasteiger partial charge in [-0.15, -0.1) is 35.9 Å². The Morgan fingerprint density at radius 3 is 2.19 bits per heavy atom. The molecule has 0 bridgehead atoms. The van der Waals surface area contributed by atoms with Gasteiger partial charge in [0.1, 0.15) is 0 Å². The van der Waals surface area contributed by atoms with E-state index in [4.69, 9.17) is 4.55 Å². The number of para-hydroxylation sites is 1. The predicted octanol–water partition coefficient (Wildman–Crippen LogP) is 3.42. The molecule has 27 heavy (non-hydrogen) atoms. The third kappa shape index (κ3) is 5.74. The Bertz CT molecular complexity index is 1110. The molecule has 0 aliphatic carbocycles. The predicted molar refractivity (Wildman–Crippen MR) is 97.9 cm³/mol. The largest absolute Gasteiger partial charge is 0.330 e. The summed E-state index contributed by atoms with van der Waals surface area (Å²) in [7, 11) is -4.23. The first-order valence-electron chi connectivity index (χ1n) is 7.61. The molecule has 0 amide bonds. The van der Waals surface area contributed by atoms with E-state index in [2.05, 4.69) is 33.2 Å². The van der Waals surface area contributed by atoms with E-state index < -0.39 is 15.3 Å². The van der Waals surface area contributed by atoms with Crippen LogP contribution in [0.3, 0.4) is 0 Å². The van der Waals surface area contributed by atoms with Crippen molar-refractivity contribution >= 4 is 21.0 Å². The van der Waals surface area contributed by atoms with E-state index >= 15 is 0 Å². The quantitative estimate of drug-likeness (QED) is 0.231. The van der Waals surface area contributed by atoms with Gasteiger partial charge in [0.15, 0.2) is 0 Å². The average molecular weight is 557 g/mol. The van der Waals surface area contributed by atoms with E-state index in [1.54, 1.807) is 0 Å². The standard InChI is InChI=1S/C15H10N.C4H4N2O3S.Ir/c1-2-6-12(7-3-1)15-11-10-13-8-4-5-9-14(13)16-15;7-10(8,9)4-5-2-1-3-6-4;/h1-6,8-11H;1-3H,(H,7,8,9);/q-1;;. The van der Waals surface area contributed by atoms with Crippen LogP contribution in [0.25, 0.3) is 22.2 Å². The molecule has 139 valence electrons. The van der Waals surface area contributed by atoms with Crippen LogP contribution in [0.5, 0.6) is 0 Å². The maximum absolute atomic E-state index is 10.3. The Morgan fingerprint density at radius 1 is 0.852 bits per heavy atom. The third-order valence-electron chi connectivity index (χ3n) is 3.36. The number of aromatic nitrogens is 3. The van der Waals surface area contributed by atoms with Gasteiger partial charge in [0, 0.05) is 32.5 Å². The first kappa shape index (κ1) is 20.8. The van der Waals surface area contributed by atoms with Crippen LogP contribution in [0.15, 0.2) is 84.3 Å². The van der Waals surface area contributed by atoms with Crippen LogP contribution >= 0.6 is 0 Å². The van der Waals surface area contributed by atoms with Crippen LogP contribution in [-0.4, -0.2) is 27.9 Å². The minimum Gasteiger partial charge on any atom is -0.296 e. The fourth-order valence-electron chi connectivity index (χ4n) is 2.19. The molecule has 4 rings (SSSR count).